The van der Waals surface area contributed by atoms with Crippen LogP contribution in [-0.4, -0.2) is 51.2 Å². The number of carbonyl (C=O) groups is 3. The van der Waals surface area contributed by atoms with Crippen LogP contribution in [0.1, 0.15) is 10.4 Å². The highest BCUT2D eigenvalue weighted by Crippen LogP contribution is 2.22. The largest absolute Gasteiger partial charge is 0.454 e. The summed E-state index contributed by atoms with van der Waals surface area (Å²) in [6.45, 7) is -0.115. The number of hydrogen-bond acceptors (Lipinski definition) is 5. The molecule has 0 bridgehead atoms. The van der Waals surface area contributed by atoms with E-state index in [9.17, 15) is 14.4 Å². The molecule has 0 saturated heterocycles. The molecule has 0 radical (unpaired) electrons. The Kier molecular flexibility index (Phi) is 8.39. The molecule has 0 aromatic heterocycles. The van der Waals surface area contributed by atoms with Crippen molar-refractivity contribution in [3.8, 4) is 0 Å². The van der Waals surface area contributed by atoms with Gasteiger partial charge in [-0.1, -0.05) is 23.2 Å². The van der Waals surface area contributed by atoms with Crippen molar-refractivity contribution >= 4 is 41.0 Å². The quantitative estimate of drug-likeness (QED) is 0.532. The van der Waals surface area contributed by atoms with Crippen LogP contribution in [0.3, 0.4) is 0 Å². The summed E-state index contributed by atoms with van der Waals surface area (Å²) in [5.74, 6) is -1.70. The molecular weight excluding hydrogens is 347 g/mol. The fourth-order valence-electron chi connectivity index (χ4n) is 1.43. The maximum atomic E-state index is 11.8. The molecule has 23 heavy (non-hydrogen) atoms. The third-order valence-electron chi connectivity index (χ3n) is 2.57. The van der Waals surface area contributed by atoms with Gasteiger partial charge in [0.2, 0.25) is 0 Å². The predicted octanol–water partition coefficient (Wildman–Crippen LogP) is 1.03. The number of nitrogens with one attached hydrogen (secondary N) is 2. The van der Waals surface area contributed by atoms with Gasteiger partial charge in [-0.05, 0) is 18.2 Å². The van der Waals surface area contributed by atoms with Crippen LogP contribution in [0.4, 0.5) is 0 Å². The molecule has 1 rings (SSSR count). The molecule has 9 heteroatoms. The van der Waals surface area contributed by atoms with Crippen molar-refractivity contribution in [2.24, 2.45) is 0 Å². The van der Waals surface area contributed by atoms with E-state index < -0.39 is 24.4 Å². The van der Waals surface area contributed by atoms with Crippen molar-refractivity contribution in [3.63, 3.8) is 0 Å². The van der Waals surface area contributed by atoms with Crippen molar-refractivity contribution in [1.29, 1.82) is 0 Å². The first-order valence-electron chi connectivity index (χ1n) is 6.58. The van der Waals surface area contributed by atoms with Gasteiger partial charge in [-0.2, -0.15) is 0 Å². The number of methoxy groups -OCH3 is 1. The minimum Gasteiger partial charge on any atom is -0.454 e. The van der Waals surface area contributed by atoms with Crippen molar-refractivity contribution in [2.45, 2.75) is 0 Å². The normalized spacial score (nSPS) is 10.0. The van der Waals surface area contributed by atoms with E-state index in [1.54, 1.807) is 0 Å². The molecule has 2 N–H and O–H groups in total. The van der Waals surface area contributed by atoms with E-state index >= 15 is 0 Å². The van der Waals surface area contributed by atoms with E-state index in [4.69, 9.17) is 32.7 Å². The highest BCUT2D eigenvalue weighted by Gasteiger charge is 2.11. The Bertz CT molecular complexity index is 580. The van der Waals surface area contributed by atoms with Crippen LogP contribution >= 0.6 is 23.2 Å². The molecule has 0 spiro atoms. The van der Waals surface area contributed by atoms with Crippen molar-refractivity contribution in [1.82, 2.24) is 10.6 Å². The van der Waals surface area contributed by atoms with E-state index in [1.807, 2.05) is 0 Å². The summed E-state index contributed by atoms with van der Waals surface area (Å²) in [6.07, 6.45) is 0. The van der Waals surface area contributed by atoms with E-state index in [0.29, 0.717) is 18.2 Å². The highest BCUT2D eigenvalue weighted by molar-refractivity contribution is 6.42. The number of hydrogen-bond donors (Lipinski definition) is 2. The highest BCUT2D eigenvalue weighted by atomic mass is 35.5. The van der Waals surface area contributed by atoms with Gasteiger partial charge >= 0.3 is 5.97 Å². The van der Waals surface area contributed by atoms with Crippen LogP contribution in [-0.2, 0) is 19.1 Å². The molecule has 0 aliphatic rings. The van der Waals surface area contributed by atoms with Crippen LogP contribution in [0, 0.1) is 0 Å². The number of amides is 2. The average Bonchev–Trinajstić information content (AvgIpc) is 2.53. The van der Waals surface area contributed by atoms with Crippen LogP contribution in [0.25, 0.3) is 0 Å². The standard InChI is InChI=1S/C14H16Cl2N2O5/c1-22-5-4-17-12(19)8-23-13(20)7-18-14(21)9-2-3-10(15)11(16)6-9/h2-3,6H,4-5,7-8H2,1H3,(H,17,19)(H,18,21). The van der Waals surface area contributed by atoms with Gasteiger partial charge in [0.1, 0.15) is 6.54 Å². The molecule has 1 aromatic rings. The lowest BCUT2D eigenvalue weighted by Crippen LogP contribution is -2.34. The SMILES string of the molecule is COCCNC(=O)COC(=O)CNC(=O)c1ccc(Cl)c(Cl)c1. The molecule has 0 fully saturated rings. The Morgan fingerprint density at radius 2 is 1.87 bits per heavy atom. The Morgan fingerprint density at radius 1 is 1.13 bits per heavy atom. The molecule has 0 saturated carbocycles. The predicted molar refractivity (Wildman–Crippen MR) is 84.6 cm³/mol. The number of esters is 1. The van der Waals surface area contributed by atoms with E-state index in [1.165, 1.54) is 25.3 Å². The number of rotatable bonds is 8. The molecular formula is C14H16Cl2N2O5. The van der Waals surface area contributed by atoms with Gasteiger partial charge in [-0.15, -0.1) is 0 Å². The third-order valence-corrected chi connectivity index (χ3v) is 3.31. The molecule has 0 unspecified atom stereocenters. The number of ether oxygens (including phenoxy) is 2. The molecule has 0 aliphatic heterocycles. The summed E-state index contributed by atoms with van der Waals surface area (Å²) in [4.78, 5) is 34.5. The van der Waals surface area contributed by atoms with Gasteiger partial charge in [-0.3, -0.25) is 14.4 Å². The summed E-state index contributed by atoms with van der Waals surface area (Å²) in [5, 5.41) is 5.39. The molecule has 1 aromatic carbocycles. The van der Waals surface area contributed by atoms with Crippen LogP contribution in [0.5, 0.6) is 0 Å². The second-order valence-electron chi connectivity index (χ2n) is 4.32. The molecule has 2 amide bonds. The van der Waals surface area contributed by atoms with Crippen molar-refractivity contribution in [3.05, 3.63) is 33.8 Å². The fraction of sp³-hybridized carbons (Fsp3) is 0.357. The average molecular weight is 363 g/mol. The molecule has 0 aliphatic carbocycles. The van der Waals surface area contributed by atoms with Gasteiger partial charge < -0.3 is 20.1 Å². The zero-order chi connectivity index (χ0) is 17.2. The summed E-state index contributed by atoms with van der Waals surface area (Å²) >= 11 is 11.5. The summed E-state index contributed by atoms with van der Waals surface area (Å²) in [5.41, 5.74) is 0.254. The van der Waals surface area contributed by atoms with Crippen molar-refractivity contribution < 1.29 is 23.9 Å². The Balaban J connectivity index is 2.31. The lowest BCUT2D eigenvalue weighted by atomic mass is 10.2. The Morgan fingerprint density at radius 3 is 2.52 bits per heavy atom. The van der Waals surface area contributed by atoms with E-state index in [2.05, 4.69) is 10.6 Å². The summed E-state index contributed by atoms with van der Waals surface area (Å²) in [6, 6.07) is 4.33. The molecule has 7 nitrogen and oxygen atoms in total. The summed E-state index contributed by atoms with van der Waals surface area (Å²) < 4.78 is 9.46. The lowest BCUT2D eigenvalue weighted by Gasteiger charge is -2.07. The molecule has 0 atom stereocenters. The van der Waals surface area contributed by atoms with E-state index in [-0.39, 0.29) is 17.1 Å². The Labute approximate surface area is 143 Å². The zero-order valence-electron chi connectivity index (χ0n) is 12.4. The van der Waals surface area contributed by atoms with Gasteiger partial charge in [0, 0.05) is 19.2 Å². The maximum absolute atomic E-state index is 11.8. The number of halogens is 2. The second-order valence-corrected chi connectivity index (χ2v) is 5.13. The smallest absolute Gasteiger partial charge is 0.325 e. The van der Waals surface area contributed by atoms with Gasteiger partial charge in [0.05, 0.1) is 16.7 Å². The minimum absolute atomic E-state index is 0.231. The zero-order valence-corrected chi connectivity index (χ0v) is 13.9. The van der Waals surface area contributed by atoms with Crippen LogP contribution < -0.4 is 10.6 Å². The van der Waals surface area contributed by atoms with E-state index in [0.717, 1.165) is 0 Å². The first kappa shape index (κ1) is 19.2. The first-order chi connectivity index (χ1) is 10.9. The van der Waals surface area contributed by atoms with Gasteiger partial charge in [0.15, 0.2) is 6.61 Å². The molecule has 0 heterocycles. The van der Waals surface area contributed by atoms with Gasteiger partial charge in [0.25, 0.3) is 11.8 Å². The number of benzene rings is 1. The first-order valence-corrected chi connectivity index (χ1v) is 7.34. The Hall–Kier alpha value is -1.83. The molecule has 126 valence electrons. The second kappa shape index (κ2) is 10.0. The fourth-order valence-corrected chi connectivity index (χ4v) is 1.73. The number of carbonyl (C=O) groups excluding carboxylic acids is 3. The van der Waals surface area contributed by atoms with Crippen LogP contribution in [0.2, 0.25) is 10.0 Å². The lowest BCUT2D eigenvalue weighted by molar-refractivity contribution is -0.147. The van der Waals surface area contributed by atoms with Crippen LogP contribution in [0.15, 0.2) is 18.2 Å². The minimum atomic E-state index is -0.736. The summed E-state index contributed by atoms with van der Waals surface area (Å²) in [7, 11) is 1.50. The topological polar surface area (TPSA) is 93.7 Å². The van der Waals surface area contributed by atoms with Crippen molar-refractivity contribution in [2.75, 3.05) is 33.4 Å². The third kappa shape index (κ3) is 7.32. The monoisotopic (exact) mass is 362 g/mol. The van der Waals surface area contributed by atoms with Gasteiger partial charge in [-0.25, -0.2) is 0 Å². The maximum Gasteiger partial charge on any atom is 0.325 e.